The Morgan fingerprint density at radius 3 is 1.64 bits per heavy atom. The largest absolute Gasteiger partial charge is 0.508 e. The molecular weight excluding hydrogens is 526 g/mol. The van der Waals surface area contributed by atoms with Crippen LogP contribution in [0.25, 0.3) is 0 Å². The highest BCUT2D eigenvalue weighted by atomic mass is 16.5. The first-order chi connectivity index (χ1) is 20.0. The highest BCUT2D eigenvalue weighted by Gasteiger charge is 2.41. The van der Waals surface area contributed by atoms with Crippen molar-refractivity contribution in [2.75, 3.05) is 26.1 Å². The number of phenolic OH excluding ortho intramolecular Hbond substituents is 1. The Labute approximate surface area is 249 Å². The summed E-state index contributed by atoms with van der Waals surface area (Å²) in [5.41, 5.74) is 1.53. The molecule has 0 heterocycles. The van der Waals surface area contributed by atoms with Gasteiger partial charge in [0.15, 0.2) is 0 Å². The molecule has 0 saturated heterocycles. The van der Waals surface area contributed by atoms with E-state index in [9.17, 15) is 9.90 Å². The predicted molar refractivity (Wildman–Crippen MR) is 167 cm³/mol. The third-order valence-corrected chi connectivity index (χ3v) is 7.51. The number of carbonyl (C=O) groups is 1. The summed E-state index contributed by atoms with van der Waals surface area (Å²) < 4.78 is 18.0. The predicted octanol–water partition coefficient (Wildman–Crippen LogP) is 7.80. The molecule has 0 aromatic heterocycles. The van der Waals surface area contributed by atoms with Gasteiger partial charge in [-0.2, -0.15) is 0 Å². The van der Waals surface area contributed by atoms with Crippen LogP contribution in [0.2, 0.25) is 0 Å². The summed E-state index contributed by atoms with van der Waals surface area (Å²) in [5, 5.41) is 12.6. The summed E-state index contributed by atoms with van der Waals surface area (Å²) in [7, 11) is 3.31. The van der Waals surface area contributed by atoms with Crippen molar-refractivity contribution in [1.82, 2.24) is 0 Å². The van der Waals surface area contributed by atoms with Crippen LogP contribution >= 0.6 is 0 Å². The minimum Gasteiger partial charge on any atom is -0.508 e. The standard InChI is InChI=1S/C36H41NO5/c1-34(2,24-35(3,4)33(39)37-29-16-18-30(38)19-17-29)25-42-36(26-10-8-7-9-11-26,27-12-20-31(40-5)21-13-27)28-14-22-32(41-6)23-15-28/h7-23,38H,24-25H2,1-6H3,(H,37,39). The van der Waals surface area contributed by atoms with E-state index >= 15 is 0 Å². The summed E-state index contributed by atoms with van der Waals surface area (Å²) in [5.74, 6) is 1.58. The lowest BCUT2D eigenvalue weighted by Gasteiger charge is -2.40. The number of ether oxygens (including phenoxy) is 3. The van der Waals surface area contributed by atoms with Crippen LogP contribution in [0.15, 0.2) is 103 Å². The van der Waals surface area contributed by atoms with Gasteiger partial charge in [0.05, 0.1) is 20.8 Å². The zero-order chi connectivity index (χ0) is 30.4. The maximum absolute atomic E-state index is 13.3. The monoisotopic (exact) mass is 567 g/mol. The Morgan fingerprint density at radius 2 is 1.17 bits per heavy atom. The van der Waals surface area contributed by atoms with E-state index in [1.165, 1.54) is 0 Å². The number of benzene rings is 4. The lowest BCUT2D eigenvalue weighted by molar-refractivity contribution is -0.126. The zero-order valence-electron chi connectivity index (χ0n) is 25.3. The topological polar surface area (TPSA) is 77.0 Å². The number of amides is 1. The smallest absolute Gasteiger partial charge is 0.230 e. The van der Waals surface area contributed by atoms with Gasteiger partial charge in [0, 0.05) is 11.1 Å². The number of methoxy groups -OCH3 is 2. The number of hydrogen-bond acceptors (Lipinski definition) is 5. The second-order valence-corrected chi connectivity index (χ2v) is 12.0. The first-order valence-corrected chi connectivity index (χ1v) is 14.1. The van der Waals surface area contributed by atoms with Crippen LogP contribution in [0, 0.1) is 10.8 Å². The minimum absolute atomic E-state index is 0.0964. The van der Waals surface area contributed by atoms with Gasteiger partial charge >= 0.3 is 0 Å². The van der Waals surface area contributed by atoms with Crippen LogP contribution in [0.4, 0.5) is 5.69 Å². The number of anilines is 1. The molecule has 6 nitrogen and oxygen atoms in total. The van der Waals surface area contributed by atoms with Crippen LogP contribution in [-0.4, -0.2) is 31.8 Å². The van der Waals surface area contributed by atoms with Gasteiger partial charge in [0.2, 0.25) is 5.91 Å². The maximum atomic E-state index is 13.3. The number of carbonyl (C=O) groups excluding carboxylic acids is 1. The van der Waals surface area contributed by atoms with E-state index in [0.717, 1.165) is 28.2 Å². The number of phenols is 1. The molecule has 0 aliphatic heterocycles. The Kier molecular flexibility index (Phi) is 9.27. The summed E-state index contributed by atoms with van der Waals surface area (Å²) in [6, 6.07) is 32.6. The van der Waals surface area contributed by atoms with Crippen molar-refractivity contribution in [3.05, 3.63) is 120 Å². The van der Waals surface area contributed by atoms with Gasteiger partial charge in [-0.05, 0) is 77.1 Å². The second-order valence-electron chi connectivity index (χ2n) is 12.0. The van der Waals surface area contributed by atoms with Gasteiger partial charge in [-0.25, -0.2) is 0 Å². The minimum atomic E-state index is -0.935. The molecule has 4 rings (SSSR count). The molecule has 0 bridgehead atoms. The summed E-state index contributed by atoms with van der Waals surface area (Å²) in [6.07, 6.45) is 0.569. The first kappa shape index (κ1) is 30.7. The lowest BCUT2D eigenvalue weighted by atomic mass is 9.74. The lowest BCUT2D eigenvalue weighted by Crippen LogP contribution is -2.40. The first-order valence-electron chi connectivity index (χ1n) is 14.1. The normalized spacial score (nSPS) is 12.0. The molecule has 42 heavy (non-hydrogen) atoms. The molecule has 0 unspecified atom stereocenters. The van der Waals surface area contributed by atoms with Crippen LogP contribution < -0.4 is 14.8 Å². The average molecular weight is 568 g/mol. The fourth-order valence-corrected chi connectivity index (χ4v) is 5.55. The van der Waals surface area contributed by atoms with Crippen LogP contribution in [0.5, 0.6) is 17.2 Å². The number of rotatable bonds is 12. The van der Waals surface area contributed by atoms with Crippen molar-refractivity contribution >= 4 is 11.6 Å². The Bertz CT molecular complexity index is 1400. The molecule has 0 saturated carbocycles. The van der Waals surface area contributed by atoms with Gasteiger partial charge in [0.1, 0.15) is 22.8 Å². The van der Waals surface area contributed by atoms with E-state index in [2.05, 4.69) is 31.3 Å². The summed E-state index contributed by atoms with van der Waals surface area (Å²) in [4.78, 5) is 13.3. The molecule has 0 spiro atoms. The molecule has 4 aromatic rings. The van der Waals surface area contributed by atoms with Crippen molar-refractivity contribution in [3.8, 4) is 17.2 Å². The Morgan fingerprint density at radius 1 is 0.690 bits per heavy atom. The number of hydrogen-bond donors (Lipinski definition) is 2. The van der Waals surface area contributed by atoms with Gasteiger partial charge in [-0.3, -0.25) is 4.79 Å². The van der Waals surface area contributed by atoms with Crippen LogP contribution in [-0.2, 0) is 15.1 Å². The SMILES string of the molecule is COc1ccc(C(OCC(C)(C)CC(C)(C)C(=O)Nc2ccc(O)cc2)(c2ccccc2)c2ccc(OC)cc2)cc1. The average Bonchev–Trinajstić information content (AvgIpc) is 2.99. The molecule has 1 amide bonds. The van der Waals surface area contributed by atoms with Crippen LogP contribution in [0.3, 0.4) is 0 Å². The van der Waals surface area contributed by atoms with Gasteiger partial charge < -0.3 is 24.6 Å². The molecule has 220 valence electrons. The Hall–Kier alpha value is -4.29. The molecular formula is C36H41NO5. The summed E-state index contributed by atoms with van der Waals surface area (Å²) >= 11 is 0. The molecule has 0 atom stereocenters. The number of nitrogens with one attached hydrogen (secondary N) is 1. The fourth-order valence-electron chi connectivity index (χ4n) is 5.55. The van der Waals surface area contributed by atoms with Gasteiger partial charge in [-0.1, -0.05) is 82.3 Å². The van der Waals surface area contributed by atoms with Gasteiger partial charge in [0.25, 0.3) is 0 Å². The highest BCUT2D eigenvalue weighted by Crippen LogP contribution is 2.44. The molecule has 6 heteroatoms. The molecule has 0 aliphatic rings. The third kappa shape index (κ3) is 6.94. The third-order valence-electron chi connectivity index (χ3n) is 7.51. The van der Waals surface area contributed by atoms with Crippen molar-refractivity contribution in [1.29, 1.82) is 0 Å². The van der Waals surface area contributed by atoms with E-state index in [-0.39, 0.29) is 17.1 Å². The van der Waals surface area contributed by atoms with E-state index < -0.39 is 11.0 Å². The van der Waals surface area contributed by atoms with E-state index in [0.29, 0.717) is 18.7 Å². The van der Waals surface area contributed by atoms with Crippen molar-refractivity contribution in [3.63, 3.8) is 0 Å². The quantitative estimate of drug-likeness (QED) is 0.135. The molecule has 2 N–H and O–H groups in total. The zero-order valence-corrected chi connectivity index (χ0v) is 25.3. The second kappa shape index (κ2) is 12.7. The molecule has 0 fully saturated rings. The fraction of sp³-hybridized carbons (Fsp3) is 0.306. The molecule has 0 aliphatic carbocycles. The molecule has 0 radical (unpaired) electrons. The highest BCUT2D eigenvalue weighted by molar-refractivity contribution is 5.94. The van der Waals surface area contributed by atoms with E-state index in [1.54, 1.807) is 38.5 Å². The molecule has 4 aromatic carbocycles. The van der Waals surface area contributed by atoms with Crippen molar-refractivity contribution < 1.29 is 24.1 Å². The van der Waals surface area contributed by atoms with Crippen molar-refractivity contribution in [2.24, 2.45) is 10.8 Å². The van der Waals surface area contributed by atoms with Crippen LogP contribution in [0.1, 0.15) is 50.8 Å². The Balaban J connectivity index is 1.69. The van der Waals surface area contributed by atoms with Crippen molar-refractivity contribution in [2.45, 2.75) is 39.7 Å². The van der Waals surface area contributed by atoms with E-state index in [1.807, 2.05) is 80.6 Å². The maximum Gasteiger partial charge on any atom is 0.230 e. The van der Waals surface area contributed by atoms with E-state index in [4.69, 9.17) is 14.2 Å². The van der Waals surface area contributed by atoms with Gasteiger partial charge in [-0.15, -0.1) is 0 Å². The number of aromatic hydroxyl groups is 1. The summed E-state index contributed by atoms with van der Waals surface area (Å²) in [6.45, 7) is 8.51.